The lowest BCUT2D eigenvalue weighted by molar-refractivity contribution is 0.137. The maximum Gasteiger partial charge on any atom is 0.0804 e. The van der Waals surface area contributed by atoms with Crippen LogP contribution in [0.15, 0.2) is 48.5 Å². The maximum atomic E-state index is 10.4. The first-order chi connectivity index (χ1) is 10.2. The molecule has 2 aromatic carbocycles. The van der Waals surface area contributed by atoms with Crippen molar-refractivity contribution in [3.05, 3.63) is 70.8 Å². The molecule has 2 nitrogen and oxygen atoms in total. The van der Waals surface area contributed by atoms with E-state index in [1.807, 2.05) is 18.2 Å². The molecule has 21 heavy (non-hydrogen) atoms. The Morgan fingerprint density at radius 2 is 1.76 bits per heavy atom. The first-order valence-electron chi connectivity index (χ1n) is 7.77. The lowest BCUT2D eigenvalue weighted by atomic mass is 9.98. The summed E-state index contributed by atoms with van der Waals surface area (Å²) in [5, 5.41) is 10.4. The highest BCUT2D eigenvalue weighted by atomic mass is 16.3. The van der Waals surface area contributed by atoms with Gasteiger partial charge < -0.3 is 5.11 Å². The third kappa shape index (κ3) is 3.34. The van der Waals surface area contributed by atoms with Crippen LogP contribution in [0.5, 0.6) is 0 Å². The summed E-state index contributed by atoms with van der Waals surface area (Å²) in [5.41, 5.74) is 5.16. The summed E-state index contributed by atoms with van der Waals surface area (Å²) >= 11 is 0. The monoisotopic (exact) mass is 281 g/mol. The van der Waals surface area contributed by atoms with Crippen LogP contribution in [0.4, 0.5) is 0 Å². The van der Waals surface area contributed by atoms with E-state index in [9.17, 15) is 5.11 Å². The average molecular weight is 281 g/mol. The normalized spacial score (nSPS) is 16.5. The number of hydrogen-bond donors (Lipinski definition) is 1. The van der Waals surface area contributed by atoms with E-state index in [-0.39, 0.29) is 6.10 Å². The number of aliphatic hydroxyl groups is 1. The second-order valence-corrected chi connectivity index (χ2v) is 5.96. The van der Waals surface area contributed by atoms with Crippen molar-refractivity contribution in [3.8, 4) is 0 Å². The third-order valence-electron chi connectivity index (χ3n) is 4.48. The van der Waals surface area contributed by atoms with Gasteiger partial charge in [-0.25, -0.2) is 0 Å². The summed E-state index contributed by atoms with van der Waals surface area (Å²) in [6, 6.07) is 16.8. The molecule has 1 N–H and O–H groups in total. The molecule has 0 fully saturated rings. The minimum Gasteiger partial charge on any atom is -0.388 e. The van der Waals surface area contributed by atoms with E-state index in [2.05, 4.69) is 42.2 Å². The largest absolute Gasteiger partial charge is 0.388 e. The first kappa shape index (κ1) is 14.3. The van der Waals surface area contributed by atoms with Gasteiger partial charge in [0.1, 0.15) is 0 Å². The Morgan fingerprint density at radius 1 is 1.05 bits per heavy atom. The summed E-state index contributed by atoms with van der Waals surface area (Å²) in [5.74, 6) is 0. The summed E-state index contributed by atoms with van der Waals surface area (Å²) in [7, 11) is 0. The number of aliphatic hydroxyl groups excluding tert-OH is 1. The van der Waals surface area contributed by atoms with Crippen molar-refractivity contribution in [1.29, 1.82) is 0 Å². The van der Waals surface area contributed by atoms with Crippen molar-refractivity contribution in [2.75, 3.05) is 13.1 Å². The van der Waals surface area contributed by atoms with Crippen LogP contribution < -0.4 is 0 Å². The van der Waals surface area contributed by atoms with Crippen LogP contribution in [0.2, 0.25) is 0 Å². The Balaban J connectivity index is 1.58. The van der Waals surface area contributed by atoms with Crippen LogP contribution >= 0.6 is 0 Å². The van der Waals surface area contributed by atoms with Gasteiger partial charge in [-0.2, -0.15) is 0 Å². The van der Waals surface area contributed by atoms with Crippen LogP contribution in [-0.2, 0) is 13.0 Å². The van der Waals surface area contributed by atoms with Gasteiger partial charge in [-0.05, 0) is 42.0 Å². The molecule has 2 heteroatoms. The topological polar surface area (TPSA) is 23.5 Å². The van der Waals surface area contributed by atoms with Gasteiger partial charge in [-0.1, -0.05) is 48.5 Å². The van der Waals surface area contributed by atoms with Crippen LogP contribution in [0.3, 0.4) is 0 Å². The summed E-state index contributed by atoms with van der Waals surface area (Å²) in [6.45, 7) is 5.12. The SMILES string of the molecule is Cc1ccccc1C(O)CCN1CCc2ccccc2C1. The van der Waals surface area contributed by atoms with Gasteiger partial charge in [0, 0.05) is 19.6 Å². The summed E-state index contributed by atoms with van der Waals surface area (Å²) in [6.07, 6.45) is 1.56. The molecule has 0 radical (unpaired) electrons. The molecule has 110 valence electrons. The minimum absolute atomic E-state index is 0.358. The fraction of sp³-hybridized carbons (Fsp3) is 0.368. The van der Waals surface area contributed by atoms with Crippen molar-refractivity contribution in [1.82, 2.24) is 4.90 Å². The van der Waals surface area contributed by atoms with Crippen molar-refractivity contribution in [2.24, 2.45) is 0 Å². The van der Waals surface area contributed by atoms with Gasteiger partial charge in [0.05, 0.1) is 6.10 Å². The van der Waals surface area contributed by atoms with E-state index >= 15 is 0 Å². The van der Waals surface area contributed by atoms with Crippen LogP contribution in [0, 0.1) is 6.92 Å². The minimum atomic E-state index is -0.358. The van der Waals surface area contributed by atoms with Crippen LogP contribution in [0.1, 0.15) is 34.8 Å². The Hall–Kier alpha value is -1.64. The smallest absolute Gasteiger partial charge is 0.0804 e. The molecule has 0 bridgehead atoms. The molecule has 0 saturated heterocycles. The van der Waals surface area contributed by atoms with Crippen LogP contribution in [0.25, 0.3) is 0 Å². The Morgan fingerprint density at radius 3 is 2.57 bits per heavy atom. The highest BCUT2D eigenvalue weighted by Crippen LogP contribution is 2.23. The standard InChI is InChI=1S/C19H23NO/c1-15-6-2-5-9-18(15)19(21)11-13-20-12-10-16-7-3-4-8-17(16)14-20/h2-9,19,21H,10-14H2,1H3. The summed E-state index contributed by atoms with van der Waals surface area (Å²) in [4.78, 5) is 2.45. The van der Waals surface area contributed by atoms with Gasteiger partial charge in [0.25, 0.3) is 0 Å². The van der Waals surface area contributed by atoms with Crippen molar-refractivity contribution in [3.63, 3.8) is 0 Å². The zero-order valence-corrected chi connectivity index (χ0v) is 12.6. The van der Waals surface area contributed by atoms with Gasteiger partial charge in [-0.15, -0.1) is 0 Å². The van der Waals surface area contributed by atoms with Crippen molar-refractivity contribution in [2.45, 2.75) is 32.4 Å². The highest BCUT2D eigenvalue weighted by molar-refractivity contribution is 5.29. The lowest BCUT2D eigenvalue weighted by Gasteiger charge is -2.29. The van der Waals surface area contributed by atoms with E-state index in [0.29, 0.717) is 0 Å². The Kier molecular flexibility index (Phi) is 4.37. The van der Waals surface area contributed by atoms with Gasteiger partial charge in [0.15, 0.2) is 0 Å². The molecular weight excluding hydrogens is 258 g/mol. The predicted molar refractivity (Wildman–Crippen MR) is 86.2 cm³/mol. The van der Waals surface area contributed by atoms with E-state index in [0.717, 1.165) is 38.0 Å². The van der Waals surface area contributed by atoms with Gasteiger partial charge in [0.2, 0.25) is 0 Å². The number of nitrogens with zero attached hydrogens (tertiary/aromatic N) is 1. The fourth-order valence-corrected chi connectivity index (χ4v) is 3.17. The van der Waals surface area contributed by atoms with E-state index in [1.165, 1.54) is 16.7 Å². The summed E-state index contributed by atoms with van der Waals surface area (Å²) < 4.78 is 0. The van der Waals surface area contributed by atoms with Crippen LogP contribution in [-0.4, -0.2) is 23.1 Å². The number of rotatable bonds is 4. The maximum absolute atomic E-state index is 10.4. The first-order valence-corrected chi connectivity index (χ1v) is 7.77. The molecule has 0 spiro atoms. The molecule has 1 atom stereocenters. The Bertz CT molecular complexity index is 608. The van der Waals surface area contributed by atoms with Crippen molar-refractivity contribution >= 4 is 0 Å². The van der Waals surface area contributed by atoms with Gasteiger partial charge in [-0.3, -0.25) is 4.90 Å². The molecule has 0 aromatic heterocycles. The number of aryl methyl sites for hydroxylation is 1. The van der Waals surface area contributed by atoms with E-state index in [1.54, 1.807) is 0 Å². The molecule has 1 heterocycles. The van der Waals surface area contributed by atoms with E-state index in [4.69, 9.17) is 0 Å². The quantitative estimate of drug-likeness (QED) is 0.927. The van der Waals surface area contributed by atoms with E-state index < -0.39 is 0 Å². The molecule has 1 unspecified atom stereocenters. The molecule has 0 aliphatic carbocycles. The zero-order chi connectivity index (χ0) is 14.7. The number of hydrogen-bond acceptors (Lipinski definition) is 2. The van der Waals surface area contributed by atoms with Gasteiger partial charge >= 0.3 is 0 Å². The Labute approximate surface area is 127 Å². The third-order valence-corrected chi connectivity index (χ3v) is 4.48. The van der Waals surface area contributed by atoms with Crippen molar-refractivity contribution < 1.29 is 5.11 Å². The molecule has 0 saturated carbocycles. The molecule has 3 rings (SSSR count). The molecule has 1 aliphatic rings. The average Bonchev–Trinajstić information content (AvgIpc) is 2.53. The number of benzene rings is 2. The second-order valence-electron chi connectivity index (χ2n) is 5.96. The molecule has 0 amide bonds. The highest BCUT2D eigenvalue weighted by Gasteiger charge is 2.17. The fourth-order valence-electron chi connectivity index (χ4n) is 3.17. The second kappa shape index (κ2) is 6.42. The molecule has 2 aromatic rings. The molecular formula is C19H23NO. The predicted octanol–water partition coefficient (Wildman–Crippen LogP) is 3.48. The number of fused-ring (bicyclic) bond motifs is 1. The molecule has 1 aliphatic heterocycles. The lowest BCUT2D eigenvalue weighted by Crippen LogP contribution is -2.32. The zero-order valence-electron chi connectivity index (χ0n) is 12.6.